The molecule has 6 heteroatoms. The zero-order valence-electron chi connectivity index (χ0n) is 17.0. The molecule has 0 unspecified atom stereocenters. The highest BCUT2D eigenvalue weighted by molar-refractivity contribution is 5.76. The number of fused-ring (bicyclic) bond motifs is 1. The number of carbonyl (C=O) groups is 1. The van der Waals surface area contributed by atoms with Crippen LogP contribution >= 0.6 is 0 Å². The molecule has 1 saturated carbocycles. The monoisotopic (exact) mass is 373 g/mol. The number of rotatable bonds is 6. The first-order valence-electron chi connectivity index (χ1n) is 9.75. The van der Waals surface area contributed by atoms with Crippen molar-refractivity contribution in [1.82, 2.24) is 14.5 Å². The second kappa shape index (κ2) is 7.06. The van der Waals surface area contributed by atoms with E-state index in [9.17, 15) is 9.59 Å². The van der Waals surface area contributed by atoms with Crippen LogP contribution in [0.1, 0.15) is 53.9 Å². The molecule has 1 N–H and O–H groups in total. The maximum atomic E-state index is 13.0. The molecule has 0 atom stereocenters. The molecule has 1 heterocycles. The number of carbonyl (C=O) groups excluding carboxylic acids is 1. The van der Waals surface area contributed by atoms with Crippen molar-refractivity contribution < 1.29 is 9.53 Å². The molecule has 27 heavy (non-hydrogen) atoms. The number of para-hydroxylation sites is 2. The van der Waals surface area contributed by atoms with Gasteiger partial charge in [-0.25, -0.2) is 9.59 Å². The van der Waals surface area contributed by atoms with Crippen molar-refractivity contribution in [3.8, 4) is 0 Å². The number of aromatic nitrogens is 2. The number of hydrogen-bond acceptors (Lipinski definition) is 3. The van der Waals surface area contributed by atoms with Gasteiger partial charge in [-0.3, -0.25) is 9.13 Å². The van der Waals surface area contributed by atoms with Crippen molar-refractivity contribution >= 4 is 17.1 Å². The van der Waals surface area contributed by atoms with Gasteiger partial charge in [0, 0.05) is 18.6 Å². The maximum Gasteiger partial charge on any atom is 0.408 e. The lowest BCUT2D eigenvalue weighted by Crippen LogP contribution is -2.46. The second-order valence-electron chi connectivity index (χ2n) is 9.24. The number of alkyl carbamates (subject to hydrolysis) is 1. The summed E-state index contributed by atoms with van der Waals surface area (Å²) < 4.78 is 9.09. The van der Waals surface area contributed by atoms with E-state index in [2.05, 4.69) is 5.32 Å². The van der Waals surface area contributed by atoms with E-state index < -0.39 is 17.2 Å². The third kappa shape index (κ3) is 4.93. The summed E-state index contributed by atoms with van der Waals surface area (Å²) in [5.41, 5.74) is 0.967. The molecule has 2 aromatic rings. The highest BCUT2D eigenvalue weighted by Gasteiger charge is 2.27. The highest BCUT2D eigenvalue weighted by Crippen LogP contribution is 2.31. The molecule has 1 aliphatic rings. The predicted molar refractivity (Wildman–Crippen MR) is 107 cm³/mol. The molecule has 6 nitrogen and oxygen atoms in total. The van der Waals surface area contributed by atoms with Gasteiger partial charge in [-0.2, -0.15) is 0 Å². The zero-order chi connectivity index (χ0) is 19.8. The summed E-state index contributed by atoms with van der Waals surface area (Å²) >= 11 is 0. The van der Waals surface area contributed by atoms with Gasteiger partial charge in [0.1, 0.15) is 5.60 Å². The maximum absolute atomic E-state index is 13.0. The van der Waals surface area contributed by atoms with Crippen LogP contribution in [0.25, 0.3) is 11.0 Å². The number of ether oxygens (including phenoxy) is 1. The molecule has 3 rings (SSSR count). The fraction of sp³-hybridized carbons (Fsp3) is 0.619. The number of amides is 1. The molecular weight excluding hydrogens is 342 g/mol. The molecule has 0 aliphatic heterocycles. The van der Waals surface area contributed by atoms with Crippen LogP contribution in [0.4, 0.5) is 4.79 Å². The van der Waals surface area contributed by atoms with Gasteiger partial charge in [0.05, 0.1) is 11.0 Å². The van der Waals surface area contributed by atoms with Gasteiger partial charge in [0.25, 0.3) is 0 Å². The van der Waals surface area contributed by atoms with Gasteiger partial charge in [-0.1, -0.05) is 12.1 Å². The first kappa shape index (κ1) is 19.5. The summed E-state index contributed by atoms with van der Waals surface area (Å²) in [5.74, 6) is 0.632. The van der Waals surface area contributed by atoms with Crippen LogP contribution in [0.15, 0.2) is 29.1 Å². The lowest BCUT2D eigenvalue weighted by Gasteiger charge is -2.28. The molecule has 0 radical (unpaired) electrons. The summed E-state index contributed by atoms with van der Waals surface area (Å²) in [6, 6.07) is 7.95. The van der Waals surface area contributed by atoms with E-state index in [0.717, 1.165) is 17.6 Å². The Hall–Kier alpha value is -2.24. The summed E-state index contributed by atoms with van der Waals surface area (Å²) in [7, 11) is 0. The van der Waals surface area contributed by atoms with E-state index >= 15 is 0 Å². The molecule has 1 fully saturated rings. The first-order valence-corrected chi connectivity index (χ1v) is 9.75. The fourth-order valence-electron chi connectivity index (χ4n) is 3.26. The number of aryl methyl sites for hydroxylation is 1. The van der Waals surface area contributed by atoms with Crippen molar-refractivity contribution in [2.75, 3.05) is 0 Å². The third-order valence-corrected chi connectivity index (χ3v) is 4.86. The van der Waals surface area contributed by atoms with E-state index in [-0.39, 0.29) is 5.69 Å². The van der Waals surface area contributed by atoms with Crippen LogP contribution in [-0.2, 0) is 17.8 Å². The minimum atomic E-state index is -0.534. The molecule has 0 saturated heterocycles. The Bertz CT molecular complexity index is 882. The predicted octanol–water partition coefficient (Wildman–Crippen LogP) is 3.91. The highest BCUT2D eigenvalue weighted by atomic mass is 16.6. The lowest BCUT2D eigenvalue weighted by molar-refractivity contribution is 0.0466. The molecule has 0 bridgehead atoms. The third-order valence-electron chi connectivity index (χ3n) is 4.86. The Morgan fingerprint density at radius 2 is 1.70 bits per heavy atom. The lowest BCUT2D eigenvalue weighted by atomic mass is 10.0. The first-order chi connectivity index (χ1) is 12.6. The Balaban J connectivity index is 1.75. The van der Waals surface area contributed by atoms with E-state index in [4.69, 9.17) is 4.74 Å². The molecule has 0 spiro atoms. The summed E-state index contributed by atoms with van der Waals surface area (Å²) in [6.07, 6.45) is 2.61. The number of nitrogens with one attached hydrogen (secondary N) is 1. The Labute approximate surface area is 160 Å². The average Bonchev–Trinajstić information content (AvgIpc) is 3.30. The van der Waals surface area contributed by atoms with E-state index in [0.29, 0.717) is 18.9 Å². The molecule has 1 aromatic carbocycles. The van der Waals surface area contributed by atoms with Crippen LogP contribution in [0.3, 0.4) is 0 Å². The van der Waals surface area contributed by atoms with Gasteiger partial charge in [-0.05, 0) is 71.9 Å². The van der Waals surface area contributed by atoms with Crippen molar-refractivity contribution in [2.24, 2.45) is 5.92 Å². The van der Waals surface area contributed by atoms with Crippen LogP contribution in [-0.4, -0.2) is 26.4 Å². The fourth-order valence-corrected chi connectivity index (χ4v) is 3.26. The smallest absolute Gasteiger partial charge is 0.408 e. The summed E-state index contributed by atoms with van der Waals surface area (Å²) in [5, 5.41) is 2.92. The van der Waals surface area contributed by atoms with Gasteiger partial charge >= 0.3 is 11.8 Å². The van der Waals surface area contributed by atoms with Gasteiger partial charge in [-0.15, -0.1) is 0 Å². The van der Waals surface area contributed by atoms with Gasteiger partial charge in [0.2, 0.25) is 0 Å². The number of hydrogen-bond donors (Lipinski definition) is 1. The van der Waals surface area contributed by atoms with Crippen LogP contribution in [0.5, 0.6) is 0 Å². The van der Waals surface area contributed by atoms with Crippen molar-refractivity contribution in [3.05, 3.63) is 34.7 Å². The molecule has 148 valence electrons. The van der Waals surface area contributed by atoms with Crippen LogP contribution in [0, 0.1) is 5.92 Å². The van der Waals surface area contributed by atoms with Crippen LogP contribution in [0.2, 0.25) is 0 Å². The van der Waals surface area contributed by atoms with Crippen molar-refractivity contribution in [3.63, 3.8) is 0 Å². The zero-order valence-corrected chi connectivity index (χ0v) is 17.0. The largest absolute Gasteiger partial charge is 0.444 e. The summed E-state index contributed by atoms with van der Waals surface area (Å²) in [4.78, 5) is 25.1. The van der Waals surface area contributed by atoms with Gasteiger partial charge < -0.3 is 10.1 Å². The van der Waals surface area contributed by atoms with Crippen molar-refractivity contribution in [2.45, 2.75) is 78.1 Å². The molecule has 1 aliphatic carbocycles. The van der Waals surface area contributed by atoms with Crippen LogP contribution < -0.4 is 11.0 Å². The summed E-state index contributed by atoms with van der Waals surface area (Å²) in [6.45, 7) is 10.8. The SMILES string of the molecule is CC(C)(CCn1c(=O)n(CC2CC2)c2ccccc21)NC(=O)OC(C)(C)C. The topological polar surface area (TPSA) is 65.3 Å². The van der Waals surface area contributed by atoms with E-state index in [1.54, 1.807) is 0 Å². The molecule has 1 amide bonds. The average molecular weight is 373 g/mol. The standard InChI is InChI=1S/C21H31N3O3/c1-20(2,3)27-18(25)22-21(4,5)12-13-23-16-8-6-7-9-17(16)24(19(23)26)14-15-10-11-15/h6-9,15H,10-14H2,1-5H3,(H,22,25). The second-order valence-corrected chi connectivity index (χ2v) is 9.24. The number of benzene rings is 1. The van der Waals surface area contributed by atoms with E-state index in [1.165, 1.54) is 12.8 Å². The number of nitrogens with zero attached hydrogens (tertiary/aromatic N) is 2. The molecule has 1 aromatic heterocycles. The van der Waals surface area contributed by atoms with Gasteiger partial charge in [0.15, 0.2) is 0 Å². The molecular formula is C21H31N3O3. The Morgan fingerprint density at radius 3 is 2.26 bits per heavy atom. The van der Waals surface area contributed by atoms with E-state index in [1.807, 2.05) is 68.0 Å². The quantitative estimate of drug-likeness (QED) is 0.835. The Kier molecular flexibility index (Phi) is 5.10. The minimum absolute atomic E-state index is 0.0381. The minimum Gasteiger partial charge on any atom is -0.444 e. The van der Waals surface area contributed by atoms with Crippen molar-refractivity contribution in [1.29, 1.82) is 0 Å². The Morgan fingerprint density at radius 1 is 1.11 bits per heavy atom. The normalized spacial score (nSPS) is 15.1. The number of imidazole rings is 1.